The number of nitrogens with zero attached hydrogens (tertiary/aromatic N) is 3. The van der Waals surface area contributed by atoms with Gasteiger partial charge in [-0.05, 0) is 37.5 Å². The number of carbonyl (C=O) groups is 1. The van der Waals surface area contributed by atoms with Gasteiger partial charge in [-0.2, -0.15) is 0 Å². The van der Waals surface area contributed by atoms with Crippen molar-refractivity contribution in [1.82, 2.24) is 15.1 Å². The van der Waals surface area contributed by atoms with Gasteiger partial charge in [0.25, 0.3) is 10.0 Å². The molecule has 0 bridgehead atoms. The second-order valence-corrected chi connectivity index (χ2v) is 9.55. The molecule has 30 heavy (non-hydrogen) atoms. The van der Waals surface area contributed by atoms with Crippen LogP contribution in [-0.2, 0) is 10.0 Å². The molecule has 158 valence electrons. The first kappa shape index (κ1) is 20.4. The second-order valence-electron chi connectivity index (χ2n) is 6.73. The number of para-hydroxylation sites is 2. The first-order chi connectivity index (χ1) is 14.5. The van der Waals surface area contributed by atoms with Crippen molar-refractivity contribution < 1.29 is 22.4 Å². The Balaban J connectivity index is 1.52. The van der Waals surface area contributed by atoms with Crippen molar-refractivity contribution >= 4 is 33.0 Å². The normalized spacial score (nSPS) is 14.5. The maximum atomic E-state index is 12.8. The number of thiophene rings is 1. The Bertz CT molecular complexity index is 1150. The molecule has 0 atom stereocenters. The Morgan fingerprint density at radius 2 is 1.97 bits per heavy atom. The van der Waals surface area contributed by atoms with Gasteiger partial charge in [0.1, 0.15) is 9.96 Å². The van der Waals surface area contributed by atoms with Crippen molar-refractivity contribution in [3.63, 3.8) is 0 Å². The number of rotatable bonds is 6. The Kier molecular flexibility index (Phi) is 5.73. The largest absolute Gasteiger partial charge is 0.495 e. The van der Waals surface area contributed by atoms with Crippen molar-refractivity contribution in [1.29, 1.82) is 0 Å². The lowest BCUT2D eigenvalue weighted by atomic mass is 10.1. The number of nitrogens with one attached hydrogen (secondary N) is 1. The summed E-state index contributed by atoms with van der Waals surface area (Å²) in [6.45, 7) is 1.35. The number of hydrogen-bond donors (Lipinski definition) is 1. The summed E-state index contributed by atoms with van der Waals surface area (Å²) in [5.41, 5.74) is 0.771. The third kappa shape index (κ3) is 4.17. The van der Waals surface area contributed by atoms with Crippen molar-refractivity contribution in [2.45, 2.75) is 23.5 Å². The van der Waals surface area contributed by atoms with E-state index in [4.69, 9.17) is 9.15 Å². The molecule has 0 aliphatic carbocycles. The van der Waals surface area contributed by atoms with E-state index in [0.29, 0.717) is 30.1 Å². The number of amides is 1. The highest BCUT2D eigenvalue weighted by atomic mass is 32.2. The van der Waals surface area contributed by atoms with E-state index in [0.717, 1.165) is 30.6 Å². The number of hydrogen-bond acceptors (Lipinski definition) is 8. The van der Waals surface area contributed by atoms with Gasteiger partial charge in [-0.25, -0.2) is 8.42 Å². The minimum absolute atomic E-state index is 0.0745. The van der Waals surface area contributed by atoms with Gasteiger partial charge in [0, 0.05) is 18.5 Å². The molecule has 0 radical (unpaired) electrons. The van der Waals surface area contributed by atoms with Gasteiger partial charge in [0.15, 0.2) is 0 Å². The fourth-order valence-corrected chi connectivity index (χ4v) is 5.38. The average molecular weight is 449 g/mol. The van der Waals surface area contributed by atoms with Crippen LogP contribution in [0.4, 0.5) is 5.69 Å². The maximum absolute atomic E-state index is 12.8. The highest BCUT2D eigenvalue weighted by Crippen LogP contribution is 2.31. The zero-order valence-electron chi connectivity index (χ0n) is 16.2. The molecule has 1 aliphatic heterocycles. The minimum atomic E-state index is -3.84. The lowest BCUT2D eigenvalue weighted by Gasteiger charge is -2.24. The molecule has 0 spiro atoms. The molecule has 3 aromatic rings. The summed E-state index contributed by atoms with van der Waals surface area (Å²) >= 11 is 1.02. The molecule has 9 nitrogen and oxygen atoms in total. The van der Waals surface area contributed by atoms with Crippen LogP contribution >= 0.6 is 11.3 Å². The molecule has 2 aromatic heterocycles. The Morgan fingerprint density at radius 1 is 1.20 bits per heavy atom. The molecule has 4 rings (SSSR count). The molecule has 1 saturated heterocycles. The lowest BCUT2D eigenvalue weighted by Crippen LogP contribution is -2.35. The van der Waals surface area contributed by atoms with E-state index in [2.05, 4.69) is 14.9 Å². The number of ether oxygens (including phenoxy) is 1. The van der Waals surface area contributed by atoms with Crippen LogP contribution in [0.3, 0.4) is 0 Å². The number of piperidine rings is 1. The third-order valence-corrected chi connectivity index (χ3v) is 7.49. The van der Waals surface area contributed by atoms with Gasteiger partial charge in [-0.1, -0.05) is 12.1 Å². The van der Waals surface area contributed by atoms with E-state index in [1.165, 1.54) is 13.2 Å². The van der Waals surface area contributed by atoms with Crippen LogP contribution in [0.2, 0.25) is 0 Å². The Morgan fingerprint density at radius 3 is 2.73 bits per heavy atom. The van der Waals surface area contributed by atoms with E-state index < -0.39 is 10.0 Å². The van der Waals surface area contributed by atoms with Gasteiger partial charge >= 0.3 is 11.8 Å². The van der Waals surface area contributed by atoms with Gasteiger partial charge in [-0.3, -0.25) is 9.52 Å². The van der Waals surface area contributed by atoms with Crippen LogP contribution < -0.4 is 9.46 Å². The summed E-state index contributed by atoms with van der Waals surface area (Å²) in [6.07, 6.45) is 3.02. The topological polar surface area (TPSA) is 115 Å². The maximum Gasteiger partial charge on any atom is 0.311 e. The number of carbonyl (C=O) groups excluding carboxylic acids is 1. The summed E-state index contributed by atoms with van der Waals surface area (Å²) in [5.74, 6) is 0.130. The van der Waals surface area contributed by atoms with Crippen molar-refractivity contribution in [3.05, 3.63) is 41.6 Å². The Hall–Kier alpha value is -2.92. The van der Waals surface area contributed by atoms with E-state index >= 15 is 0 Å². The van der Waals surface area contributed by atoms with E-state index in [1.54, 1.807) is 34.5 Å². The number of benzene rings is 1. The molecular formula is C19H20N4O5S2. The quantitative estimate of drug-likeness (QED) is 0.616. The van der Waals surface area contributed by atoms with Gasteiger partial charge in [0.05, 0.1) is 18.4 Å². The molecule has 0 saturated carbocycles. The van der Waals surface area contributed by atoms with E-state index in [-0.39, 0.29) is 21.9 Å². The zero-order valence-corrected chi connectivity index (χ0v) is 17.8. The standard InChI is InChI=1S/C19H20N4O5S2/c1-27-15-8-4-3-7-14(15)22-30(25,26)16-11-13(12-29-16)17-20-21-18(28-17)19(24)23-9-5-2-6-10-23/h3-4,7-8,11-12,22H,2,5-6,9-10H2,1H3. The molecule has 1 N–H and O–H groups in total. The average Bonchev–Trinajstić information content (AvgIpc) is 3.44. The van der Waals surface area contributed by atoms with Crippen molar-refractivity contribution in [2.24, 2.45) is 0 Å². The van der Waals surface area contributed by atoms with Gasteiger partial charge in [0.2, 0.25) is 5.89 Å². The predicted molar refractivity (Wildman–Crippen MR) is 111 cm³/mol. The lowest BCUT2D eigenvalue weighted by molar-refractivity contribution is 0.0684. The van der Waals surface area contributed by atoms with Crippen LogP contribution in [0.5, 0.6) is 5.75 Å². The van der Waals surface area contributed by atoms with Gasteiger partial charge < -0.3 is 14.1 Å². The first-order valence-corrected chi connectivity index (χ1v) is 11.7. The first-order valence-electron chi connectivity index (χ1n) is 9.35. The number of sulfonamides is 1. The molecular weight excluding hydrogens is 428 g/mol. The van der Waals surface area contributed by atoms with Crippen molar-refractivity contribution in [2.75, 3.05) is 24.9 Å². The molecule has 3 heterocycles. The minimum Gasteiger partial charge on any atom is -0.495 e. The zero-order chi connectivity index (χ0) is 21.1. The third-order valence-electron chi connectivity index (χ3n) is 4.69. The van der Waals surface area contributed by atoms with Crippen molar-refractivity contribution in [3.8, 4) is 17.2 Å². The summed E-state index contributed by atoms with van der Waals surface area (Å²) < 4.78 is 38.8. The molecule has 1 amide bonds. The van der Waals surface area contributed by atoms with Crippen LogP contribution in [0.15, 0.2) is 44.3 Å². The second kappa shape index (κ2) is 8.44. The van der Waals surface area contributed by atoms with Crippen LogP contribution in [0.1, 0.15) is 29.9 Å². The summed E-state index contributed by atoms with van der Waals surface area (Å²) in [4.78, 5) is 14.2. The highest BCUT2D eigenvalue weighted by molar-refractivity contribution is 7.94. The predicted octanol–water partition coefficient (Wildman–Crippen LogP) is 3.23. The molecule has 1 fully saturated rings. The molecule has 11 heteroatoms. The highest BCUT2D eigenvalue weighted by Gasteiger charge is 2.25. The smallest absolute Gasteiger partial charge is 0.311 e. The number of likely N-dealkylation sites (tertiary alicyclic amines) is 1. The SMILES string of the molecule is COc1ccccc1NS(=O)(=O)c1cc(-c2nnc(C(=O)N3CCCCC3)o2)cs1. The van der Waals surface area contributed by atoms with Gasteiger partial charge in [-0.15, -0.1) is 21.5 Å². The van der Waals surface area contributed by atoms with E-state index in [9.17, 15) is 13.2 Å². The number of anilines is 1. The van der Waals surface area contributed by atoms with E-state index in [1.807, 2.05) is 0 Å². The fraction of sp³-hybridized carbons (Fsp3) is 0.316. The van der Waals surface area contributed by atoms with Crippen LogP contribution in [0, 0.1) is 0 Å². The van der Waals surface area contributed by atoms with Crippen LogP contribution in [0.25, 0.3) is 11.5 Å². The summed E-state index contributed by atoms with van der Waals surface area (Å²) in [6, 6.07) is 8.17. The Labute approximate surface area is 177 Å². The monoisotopic (exact) mass is 448 g/mol. The molecule has 0 unspecified atom stereocenters. The number of methoxy groups -OCH3 is 1. The summed E-state index contributed by atoms with van der Waals surface area (Å²) in [7, 11) is -2.37. The molecule has 1 aromatic carbocycles. The van der Waals surface area contributed by atoms with Crippen LogP contribution in [-0.4, -0.2) is 49.6 Å². The number of aromatic nitrogens is 2. The summed E-state index contributed by atoms with van der Waals surface area (Å²) in [5, 5.41) is 9.36. The fourth-order valence-electron chi connectivity index (χ4n) is 3.15. The molecule has 1 aliphatic rings.